The van der Waals surface area contributed by atoms with E-state index in [0.29, 0.717) is 6.42 Å². The molecule has 0 spiro atoms. The number of carbonyl (C=O) groups is 1. The van der Waals surface area contributed by atoms with Gasteiger partial charge < -0.3 is 9.64 Å². The summed E-state index contributed by atoms with van der Waals surface area (Å²) in [6.07, 6.45) is 1.10. The minimum Gasteiger partial charge on any atom is -0.481 e. The van der Waals surface area contributed by atoms with Gasteiger partial charge in [0, 0.05) is 11.7 Å². The number of para-hydroxylation sites is 1. The topological polar surface area (TPSA) is 29.5 Å². The van der Waals surface area contributed by atoms with Crippen molar-refractivity contribution in [1.82, 2.24) is 0 Å². The molecule has 2 aromatic rings. The summed E-state index contributed by atoms with van der Waals surface area (Å²) >= 11 is 0. The summed E-state index contributed by atoms with van der Waals surface area (Å²) in [5, 5.41) is 0. The van der Waals surface area contributed by atoms with Crippen LogP contribution in [0.4, 0.5) is 5.69 Å². The summed E-state index contributed by atoms with van der Waals surface area (Å²) in [5.74, 6) is 0.803. The maximum atomic E-state index is 13.0. The molecule has 1 amide bonds. The van der Waals surface area contributed by atoms with E-state index in [2.05, 4.69) is 13.0 Å². The SMILES string of the molecule is CCC(Oc1cccc(C)c1)C(=O)N1c2ccccc2CC1C. The lowest BCUT2D eigenvalue weighted by Gasteiger charge is -2.27. The predicted octanol–water partition coefficient (Wildman–Crippen LogP) is 4.13. The largest absolute Gasteiger partial charge is 0.481 e. The number of hydrogen-bond donors (Lipinski definition) is 0. The van der Waals surface area contributed by atoms with Gasteiger partial charge in [0.2, 0.25) is 0 Å². The quantitative estimate of drug-likeness (QED) is 0.850. The minimum absolute atomic E-state index is 0.0476. The third kappa shape index (κ3) is 3.09. The van der Waals surface area contributed by atoms with Gasteiger partial charge in [-0.2, -0.15) is 0 Å². The van der Waals surface area contributed by atoms with Crippen LogP contribution in [0.1, 0.15) is 31.4 Å². The second-order valence-corrected chi connectivity index (χ2v) is 6.22. The van der Waals surface area contributed by atoms with Crippen molar-refractivity contribution in [1.29, 1.82) is 0 Å². The first-order valence-corrected chi connectivity index (χ1v) is 8.24. The molecule has 0 bridgehead atoms. The Morgan fingerprint density at radius 2 is 2.04 bits per heavy atom. The molecule has 0 fully saturated rings. The highest BCUT2D eigenvalue weighted by atomic mass is 16.5. The molecule has 1 aliphatic rings. The Morgan fingerprint density at radius 1 is 1.26 bits per heavy atom. The number of nitrogens with zero attached hydrogens (tertiary/aromatic N) is 1. The number of carbonyl (C=O) groups excluding carboxylic acids is 1. The molecule has 0 saturated carbocycles. The van der Waals surface area contributed by atoms with Crippen molar-refractivity contribution in [2.45, 2.75) is 45.8 Å². The predicted molar refractivity (Wildman–Crippen MR) is 93.0 cm³/mol. The first kappa shape index (κ1) is 15.6. The number of fused-ring (bicyclic) bond motifs is 1. The van der Waals surface area contributed by atoms with Crippen LogP contribution in [0.25, 0.3) is 0 Å². The molecule has 1 aliphatic heterocycles. The van der Waals surface area contributed by atoms with E-state index < -0.39 is 6.10 Å². The lowest BCUT2D eigenvalue weighted by atomic mass is 10.1. The number of amides is 1. The lowest BCUT2D eigenvalue weighted by Crippen LogP contribution is -2.44. The van der Waals surface area contributed by atoms with Crippen LogP contribution >= 0.6 is 0 Å². The van der Waals surface area contributed by atoms with Crippen molar-refractivity contribution >= 4 is 11.6 Å². The van der Waals surface area contributed by atoms with Gasteiger partial charge >= 0.3 is 0 Å². The fraction of sp³-hybridized carbons (Fsp3) is 0.350. The zero-order chi connectivity index (χ0) is 16.4. The number of rotatable bonds is 4. The summed E-state index contributed by atoms with van der Waals surface area (Å²) < 4.78 is 5.99. The summed E-state index contributed by atoms with van der Waals surface area (Å²) in [4.78, 5) is 14.9. The summed E-state index contributed by atoms with van der Waals surface area (Å²) in [5.41, 5.74) is 3.39. The van der Waals surface area contributed by atoms with Crippen molar-refractivity contribution in [2.24, 2.45) is 0 Å². The monoisotopic (exact) mass is 309 g/mol. The van der Waals surface area contributed by atoms with E-state index in [1.807, 2.05) is 61.2 Å². The zero-order valence-electron chi connectivity index (χ0n) is 14.0. The van der Waals surface area contributed by atoms with Crippen LogP contribution in [0.3, 0.4) is 0 Å². The average Bonchev–Trinajstić information content (AvgIpc) is 2.87. The highest BCUT2D eigenvalue weighted by molar-refractivity contribution is 5.99. The van der Waals surface area contributed by atoms with Gasteiger partial charge in [-0.05, 0) is 56.0 Å². The molecule has 0 aliphatic carbocycles. The van der Waals surface area contributed by atoms with Gasteiger partial charge in [0.15, 0.2) is 6.10 Å². The molecule has 2 atom stereocenters. The summed E-state index contributed by atoms with van der Waals surface area (Å²) in [6, 6.07) is 16.2. The van der Waals surface area contributed by atoms with E-state index in [-0.39, 0.29) is 11.9 Å². The Bertz CT molecular complexity index is 710. The van der Waals surface area contributed by atoms with Gasteiger partial charge in [0.05, 0.1) is 0 Å². The molecule has 3 rings (SSSR count). The zero-order valence-corrected chi connectivity index (χ0v) is 14.0. The van der Waals surface area contributed by atoms with E-state index >= 15 is 0 Å². The molecule has 0 radical (unpaired) electrons. The van der Waals surface area contributed by atoms with Crippen molar-refractivity contribution in [3.8, 4) is 5.75 Å². The Morgan fingerprint density at radius 3 is 2.78 bits per heavy atom. The molecule has 3 nitrogen and oxygen atoms in total. The number of hydrogen-bond acceptors (Lipinski definition) is 2. The summed E-state index contributed by atoms with van der Waals surface area (Å²) in [7, 11) is 0. The first-order chi connectivity index (χ1) is 11.1. The highest BCUT2D eigenvalue weighted by Crippen LogP contribution is 2.33. The van der Waals surface area contributed by atoms with E-state index in [1.165, 1.54) is 5.56 Å². The Hall–Kier alpha value is -2.29. The number of ether oxygens (including phenoxy) is 1. The van der Waals surface area contributed by atoms with Crippen LogP contribution in [0.2, 0.25) is 0 Å². The van der Waals surface area contributed by atoms with Crippen LogP contribution < -0.4 is 9.64 Å². The van der Waals surface area contributed by atoms with Gasteiger partial charge in [-0.3, -0.25) is 4.79 Å². The third-order valence-electron chi connectivity index (χ3n) is 4.36. The van der Waals surface area contributed by atoms with Crippen LogP contribution in [0, 0.1) is 6.92 Å². The first-order valence-electron chi connectivity index (χ1n) is 8.24. The highest BCUT2D eigenvalue weighted by Gasteiger charge is 2.34. The molecule has 23 heavy (non-hydrogen) atoms. The molecular formula is C20H23NO2. The smallest absolute Gasteiger partial charge is 0.268 e. The Labute approximate surface area is 137 Å². The van der Waals surface area contributed by atoms with E-state index in [0.717, 1.165) is 23.4 Å². The van der Waals surface area contributed by atoms with Crippen molar-refractivity contribution in [2.75, 3.05) is 4.90 Å². The third-order valence-corrected chi connectivity index (χ3v) is 4.36. The van der Waals surface area contributed by atoms with Crippen LogP contribution in [-0.2, 0) is 11.2 Å². The molecular weight excluding hydrogens is 286 g/mol. The lowest BCUT2D eigenvalue weighted by molar-refractivity contribution is -0.125. The molecule has 0 aromatic heterocycles. The van der Waals surface area contributed by atoms with Crippen LogP contribution in [0.5, 0.6) is 5.75 Å². The van der Waals surface area contributed by atoms with Gasteiger partial charge in [0.1, 0.15) is 5.75 Å². The Kier molecular flexibility index (Phi) is 4.37. The Balaban J connectivity index is 1.83. The average molecular weight is 309 g/mol. The van der Waals surface area contributed by atoms with Crippen molar-refractivity contribution in [3.05, 3.63) is 59.7 Å². The number of aryl methyl sites for hydroxylation is 1. The van der Waals surface area contributed by atoms with Gasteiger partial charge in [-0.15, -0.1) is 0 Å². The van der Waals surface area contributed by atoms with Gasteiger partial charge in [-0.25, -0.2) is 0 Å². The maximum Gasteiger partial charge on any atom is 0.268 e. The maximum absolute atomic E-state index is 13.0. The van der Waals surface area contributed by atoms with Gasteiger partial charge in [-0.1, -0.05) is 37.3 Å². The van der Waals surface area contributed by atoms with Crippen LogP contribution in [-0.4, -0.2) is 18.1 Å². The minimum atomic E-state index is -0.453. The van der Waals surface area contributed by atoms with Crippen molar-refractivity contribution in [3.63, 3.8) is 0 Å². The second kappa shape index (κ2) is 6.45. The standard InChI is InChI=1S/C20H23NO2/c1-4-19(23-17-10-7-8-14(2)12-17)20(22)21-15(3)13-16-9-5-6-11-18(16)21/h5-12,15,19H,4,13H2,1-3H3. The number of benzene rings is 2. The van der Waals surface area contributed by atoms with E-state index in [4.69, 9.17) is 4.74 Å². The van der Waals surface area contributed by atoms with Gasteiger partial charge in [0.25, 0.3) is 5.91 Å². The fourth-order valence-electron chi connectivity index (χ4n) is 3.22. The van der Waals surface area contributed by atoms with E-state index in [1.54, 1.807) is 0 Å². The molecule has 3 heteroatoms. The fourth-order valence-corrected chi connectivity index (χ4v) is 3.22. The van der Waals surface area contributed by atoms with Crippen molar-refractivity contribution < 1.29 is 9.53 Å². The molecule has 2 aromatic carbocycles. The van der Waals surface area contributed by atoms with E-state index in [9.17, 15) is 4.79 Å². The molecule has 1 heterocycles. The molecule has 2 unspecified atom stereocenters. The second-order valence-electron chi connectivity index (χ2n) is 6.22. The molecule has 120 valence electrons. The normalized spacial score (nSPS) is 17.7. The van der Waals surface area contributed by atoms with Crippen LogP contribution in [0.15, 0.2) is 48.5 Å². The molecule has 0 saturated heterocycles. The number of anilines is 1. The molecule has 0 N–H and O–H groups in total. The summed E-state index contributed by atoms with van der Waals surface area (Å²) in [6.45, 7) is 6.11.